The fourth-order valence-corrected chi connectivity index (χ4v) is 8.06. The van der Waals surface area contributed by atoms with Gasteiger partial charge in [-0.15, -0.1) is 0 Å². The number of nitrogens with zero attached hydrogens (tertiary/aromatic N) is 3. The van der Waals surface area contributed by atoms with Crippen molar-refractivity contribution in [1.29, 1.82) is 0 Å². The van der Waals surface area contributed by atoms with E-state index in [2.05, 4.69) is 68.4 Å². The Morgan fingerprint density at radius 2 is 1.04 bits per heavy atom. The SMILES string of the molecule is CCCCCCCCCCCCOc1ccc(-c2nc(SCCCCCCCCCCCC)nc(-c3cc4ccccc4c4ccccc34)n2)c(O)c1. The maximum atomic E-state index is 11.3. The monoisotopic (exact) mass is 733 g/mol. The van der Waals surface area contributed by atoms with Crippen LogP contribution in [0.15, 0.2) is 78.0 Å². The highest BCUT2D eigenvalue weighted by atomic mass is 32.2. The second-order valence-corrected chi connectivity index (χ2v) is 15.8. The molecule has 0 aliphatic heterocycles. The molecule has 0 saturated carbocycles. The van der Waals surface area contributed by atoms with Crippen molar-refractivity contribution in [3.8, 4) is 34.3 Å². The zero-order valence-electron chi connectivity index (χ0n) is 32.6. The Balaban J connectivity index is 1.25. The van der Waals surface area contributed by atoms with Gasteiger partial charge in [0, 0.05) is 17.4 Å². The average molecular weight is 734 g/mol. The van der Waals surface area contributed by atoms with Crippen LogP contribution in [-0.4, -0.2) is 32.4 Å². The molecule has 0 aliphatic rings. The first-order valence-electron chi connectivity index (χ1n) is 20.9. The first-order chi connectivity index (χ1) is 26.2. The molecule has 4 aromatic carbocycles. The Morgan fingerprint density at radius 1 is 0.509 bits per heavy atom. The standard InChI is InChI=1S/C47H63N3O2S/c1-3-5-7-9-11-13-15-17-19-25-33-52-38-31-32-42(44(51)36-38)45-48-46(43-35-37-27-21-22-28-39(37)40-29-23-24-30-41(40)43)50-47(49-45)53-34-26-20-18-16-14-12-10-8-6-4-2/h21-24,27-32,35-36,51H,3-20,25-26,33-34H2,1-2H3. The van der Waals surface area contributed by atoms with Crippen LogP contribution in [0.25, 0.3) is 44.3 Å². The Morgan fingerprint density at radius 3 is 1.66 bits per heavy atom. The molecule has 5 rings (SSSR count). The number of thioether (sulfide) groups is 1. The number of unbranched alkanes of at least 4 members (excludes halogenated alkanes) is 18. The number of ether oxygens (including phenoxy) is 1. The Bertz CT molecular complexity index is 1810. The lowest BCUT2D eigenvalue weighted by atomic mass is 9.97. The zero-order valence-corrected chi connectivity index (χ0v) is 33.4. The second-order valence-electron chi connectivity index (χ2n) is 14.7. The molecule has 0 spiro atoms. The van der Waals surface area contributed by atoms with E-state index >= 15 is 0 Å². The molecular weight excluding hydrogens is 671 g/mol. The summed E-state index contributed by atoms with van der Waals surface area (Å²) in [5.41, 5.74) is 1.56. The average Bonchev–Trinajstić information content (AvgIpc) is 3.18. The third kappa shape index (κ3) is 13.0. The number of phenolic OH excluding ortho intramolecular Hbond substituents is 1. The van der Waals surface area contributed by atoms with Crippen LogP contribution in [0.5, 0.6) is 11.5 Å². The minimum atomic E-state index is 0.122. The maximum Gasteiger partial charge on any atom is 0.191 e. The molecule has 0 aliphatic carbocycles. The van der Waals surface area contributed by atoms with E-state index in [4.69, 9.17) is 19.7 Å². The molecule has 0 fully saturated rings. The third-order valence-corrected chi connectivity index (χ3v) is 11.3. The van der Waals surface area contributed by atoms with Gasteiger partial charge in [0.2, 0.25) is 0 Å². The van der Waals surface area contributed by atoms with Crippen molar-refractivity contribution in [3.05, 3.63) is 72.8 Å². The molecule has 0 unspecified atom stereocenters. The van der Waals surface area contributed by atoms with Crippen molar-refractivity contribution in [2.45, 2.75) is 147 Å². The number of fused-ring (bicyclic) bond motifs is 3. The number of rotatable bonds is 26. The van der Waals surface area contributed by atoms with Gasteiger partial charge in [0.05, 0.1) is 12.2 Å². The fraction of sp³-hybridized carbons (Fsp3) is 0.511. The lowest BCUT2D eigenvalue weighted by Gasteiger charge is -2.13. The van der Waals surface area contributed by atoms with Crippen molar-refractivity contribution < 1.29 is 9.84 Å². The van der Waals surface area contributed by atoms with Crippen LogP contribution in [-0.2, 0) is 0 Å². The summed E-state index contributed by atoms with van der Waals surface area (Å²) in [4.78, 5) is 15.0. The summed E-state index contributed by atoms with van der Waals surface area (Å²) in [6.45, 7) is 5.20. The van der Waals surface area contributed by atoms with E-state index < -0.39 is 0 Å². The predicted molar refractivity (Wildman–Crippen MR) is 227 cm³/mol. The number of benzene rings is 4. The van der Waals surface area contributed by atoms with Crippen LogP contribution >= 0.6 is 11.8 Å². The summed E-state index contributed by atoms with van der Waals surface area (Å²) < 4.78 is 6.06. The Hall–Kier alpha value is -3.64. The van der Waals surface area contributed by atoms with Gasteiger partial charge in [0.25, 0.3) is 0 Å². The first-order valence-corrected chi connectivity index (χ1v) is 21.9. The highest BCUT2D eigenvalue weighted by molar-refractivity contribution is 7.99. The molecule has 1 aromatic heterocycles. The Kier molecular flexibility index (Phi) is 17.8. The van der Waals surface area contributed by atoms with E-state index in [0.29, 0.717) is 34.7 Å². The van der Waals surface area contributed by atoms with Gasteiger partial charge in [-0.05, 0) is 52.6 Å². The quantitative estimate of drug-likeness (QED) is 0.0347. The minimum absolute atomic E-state index is 0.122. The number of aromatic nitrogens is 3. The van der Waals surface area contributed by atoms with Gasteiger partial charge in [-0.3, -0.25) is 0 Å². The van der Waals surface area contributed by atoms with Gasteiger partial charge in [-0.1, -0.05) is 190 Å². The molecule has 53 heavy (non-hydrogen) atoms. The zero-order chi connectivity index (χ0) is 36.9. The minimum Gasteiger partial charge on any atom is -0.507 e. The van der Waals surface area contributed by atoms with Crippen molar-refractivity contribution in [2.75, 3.05) is 12.4 Å². The topological polar surface area (TPSA) is 68.1 Å². The number of hydrogen-bond donors (Lipinski definition) is 1. The van der Waals surface area contributed by atoms with E-state index in [0.717, 1.165) is 34.9 Å². The summed E-state index contributed by atoms with van der Waals surface area (Å²) in [6.07, 6.45) is 26.0. The summed E-state index contributed by atoms with van der Waals surface area (Å²) in [5.74, 6) is 2.86. The maximum absolute atomic E-state index is 11.3. The number of aromatic hydroxyl groups is 1. The van der Waals surface area contributed by atoms with Gasteiger partial charge in [0.1, 0.15) is 11.5 Å². The summed E-state index contributed by atoms with van der Waals surface area (Å²) in [5, 5.41) is 16.6. The normalized spacial score (nSPS) is 11.5. The molecule has 1 N–H and O–H groups in total. The molecule has 0 radical (unpaired) electrons. The van der Waals surface area contributed by atoms with Crippen molar-refractivity contribution in [3.63, 3.8) is 0 Å². The highest BCUT2D eigenvalue weighted by Crippen LogP contribution is 2.37. The van der Waals surface area contributed by atoms with Crippen LogP contribution in [0.2, 0.25) is 0 Å². The van der Waals surface area contributed by atoms with Gasteiger partial charge < -0.3 is 9.84 Å². The lowest BCUT2D eigenvalue weighted by Crippen LogP contribution is -2.01. The molecule has 0 bridgehead atoms. The second kappa shape index (κ2) is 23.2. The number of phenols is 1. The van der Waals surface area contributed by atoms with Crippen molar-refractivity contribution in [2.24, 2.45) is 0 Å². The molecular formula is C47H63N3O2S. The van der Waals surface area contributed by atoms with Gasteiger partial charge in [-0.25, -0.2) is 15.0 Å². The lowest BCUT2D eigenvalue weighted by molar-refractivity contribution is 0.302. The van der Waals surface area contributed by atoms with Gasteiger partial charge >= 0.3 is 0 Å². The largest absolute Gasteiger partial charge is 0.507 e. The van der Waals surface area contributed by atoms with Crippen LogP contribution in [0.4, 0.5) is 0 Å². The van der Waals surface area contributed by atoms with E-state index in [1.54, 1.807) is 17.8 Å². The van der Waals surface area contributed by atoms with Crippen LogP contribution in [0.1, 0.15) is 142 Å². The van der Waals surface area contributed by atoms with Crippen molar-refractivity contribution >= 4 is 33.3 Å². The Labute approximate surface area is 323 Å². The fourth-order valence-electron chi connectivity index (χ4n) is 7.22. The van der Waals surface area contributed by atoms with E-state index in [1.807, 2.05) is 12.1 Å². The summed E-state index contributed by atoms with van der Waals surface area (Å²) in [7, 11) is 0. The molecule has 0 atom stereocenters. The van der Waals surface area contributed by atoms with E-state index in [1.165, 1.54) is 126 Å². The molecule has 284 valence electrons. The van der Waals surface area contributed by atoms with Crippen molar-refractivity contribution in [1.82, 2.24) is 15.0 Å². The molecule has 1 heterocycles. The smallest absolute Gasteiger partial charge is 0.191 e. The van der Waals surface area contributed by atoms with E-state index in [9.17, 15) is 5.11 Å². The molecule has 0 saturated heterocycles. The summed E-state index contributed by atoms with van der Waals surface area (Å²) in [6, 6.07) is 24.7. The molecule has 6 heteroatoms. The van der Waals surface area contributed by atoms with Crippen LogP contribution in [0, 0.1) is 0 Å². The van der Waals surface area contributed by atoms with Crippen LogP contribution in [0.3, 0.4) is 0 Å². The first kappa shape index (κ1) is 40.5. The highest BCUT2D eigenvalue weighted by Gasteiger charge is 2.17. The molecule has 5 nitrogen and oxygen atoms in total. The number of hydrogen-bond acceptors (Lipinski definition) is 6. The molecule has 0 amide bonds. The van der Waals surface area contributed by atoms with Gasteiger partial charge in [0.15, 0.2) is 16.8 Å². The predicted octanol–water partition coefficient (Wildman–Crippen LogP) is 14.5. The molecule has 5 aromatic rings. The van der Waals surface area contributed by atoms with E-state index in [-0.39, 0.29) is 5.75 Å². The third-order valence-electron chi connectivity index (χ3n) is 10.3. The van der Waals surface area contributed by atoms with Gasteiger partial charge in [-0.2, -0.15) is 0 Å². The summed E-state index contributed by atoms with van der Waals surface area (Å²) >= 11 is 1.69. The van der Waals surface area contributed by atoms with Crippen LogP contribution < -0.4 is 4.74 Å².